The number of rotatable bonds is 9. The predicted molar refractivity (Wildman–Crippen MR) is 104 cm³/mol. The maximum absolute atomic E-state index is 12.5. The molecule has 0 radical (unpaired) electrons. The van der Waals surface area contributed by atoms with Crippen LogP contribution < -0.4 is 15.4 Å². The van der Waals surface area contributed by atoms with Crippen LogP contribution in [-0.4, -0.2) is 25.0 Å². The highest BCUT2D eigenvalue weighted by Crippen LogP contribution is 2.18. The van der Waals surface area contributed by atoms with Crippen molar-refractivity contribution in [2.24, 2.45) is 0 Å². The summed E-state index contributed by atoms with van der Waals surface area (Å²) in [6, 6.07) is 14.0. The maximum atomic E-state index is 12.5. The summed E-state index contributed by atoms with van der Waals surface area (Å²) >= 11 is 0. The number of benzene rings is 2. The molecule has 2 aromatic carbocycles. The molecule has 2 N–H and O–H groups in total. The molecule has 0 aliphatic carbocycles. The number of anilines is 1. The van der Waals surface area contributed by atoms with Gasteiger partial charge < -0.3 is 15.4 Å². The topological polar surface area (TPSA) is 67.4 Å². The molecule has 2 aromatic rings. The van der Waals surface area contributed by atoms with Gasteiger partial charge in [-0.05, 0) is 49.2 Å². The molecule has 2 amide bonds. The van der Waals surface area contributed by atoms with E-state index in [0.717, 1.165) is 25.0 Å². The van der Waals surface area contributed by atoms with Gasteiger partial charge >= 0.3 is 0 Å². The largest absolute Gasteiger partial charge is 0.494 e. The van der Waals surface area contributed by atoms with Crippen LogP contribution in [0.4, 0.5) is 5.69 Å². The third-order valence-electron chi connectivity index (χ3n) is 3.83. The van der Waals surface area contributed by atoms with E-state index in [2.05, 4.69) is 17.6 Å². The van der Waals surface area contributed by atoms with Crippen LogP contribution >= 0.6 is 0 Å². The summed E-state index contributed by atoms with van der Waals surface area (Å²) in [6.45, 7) is 5.37. The van der Waals surface area contributed by atoms with E-state index < -0.39 is 0 Å². The second-order valence-corrected chi connectivity index (χ2v) is 5.98. The number of hydrogen-bond acceptors (Lipinski definition) is 3. The molecule has 0 heterocycles. The lowest BCUT2D eigenvalue weighted by Gasteiger charge is -2.12. The minimum atomic E-state index is -0.263. The van der Waals surface area contributed by atoms with E-state index in [1.54, 1.807) is 48.5 Å². The lowest BCUT2D eigenvalue weighted by Crippen LogP contribution is -2.26. The Morgan fingerprint density at radius 1 is 0.923 bits per heavy atom. The molecule has 138 valence electrons. The minimum absolute atomic E-state index is 0.183. The lowest BCUT2D eigenvalue weighted by molar-refractivity contribution is 0.0954. The molecular formula is C21H26N2O3. The van der Waals surface area contributed by atoms with E-state index in [4.69, 9.17) is 4.74 Å². The van der Waals surface area contributed by atoms with Gasteiger partial charge in [-0.25, -0.2) is 0 Å². The number of nitrogens with one attached hydrogen (secondary N) is 2. The molecule has 0 saturated heterocycles. The Balaban J connectivity index is 2.05. The molecule has 0 fully saturated rings. The minimum Gasteiger partial charge on any atom is -0.494 e. The van der Waals surface area contributed by atoms with Crippen LogP contribution in [0, 0.1) is 0 Å². The third kappa shape index (κ3) is 5.62. The van der Waals surface area contributed by atoms with Gasteiger partial charge in [0.1, 0.15) is 5.75 Å². The molecule has 2 rings (SSSR count). The van der Waals surface area contributed by atoms with Crippen LogP contribution in [0.2, 0.25) is 0 Å². The first kappa shape index (κ1) is 19.5. The van der Waals surface area contributed by atoms with Gasteiger partial charge in [-0.15, -0.1) is 0 Å². The van der Waals surface area contributed by atoms with Crippen LogP contribution in [0.15, 0.2) is 48.5 Å². The maximum Gasteiger partial charge on any atom is 0.255 e. The number of hydrogen-bond donors (Lipinski definition) is 2. The molecule has 0 aromatic heterocycles. The smallest absolute Gasteiger partial charge is 0.255 e. The van der Waals surface area contributed by atoms with Crippen molar-refractivity contribution in [2.75, 3.05) is 18.5 Å². The summed E-state index contributed by atoms with van der Waals surface area (Å²) in [7, 11) is 0. The summed E-state index contributed by atoms with van der Waals surface area (Å²) < 4.78 is 5.52. The van der Waals surface area contributed by atoms with Gasteiger partial charge in [-0.3, -0.25) is 9.59 Å². The zero-order valence-electron chi connectivity index (χ0n) is 15.4. The number of amides is 2. The monoisotopic (exact) mass is 354 g/mol. The first-order valence-electron chi connectivity index (χ1n) is 9.07. The number of unbranched alkanes of at least 4 members (excludes halogenated alkanes) is 1. The van der Waals surface area contributed by atoms with Crippen LogP contribution in [0.25, 0.3) is 0 Å². The van der Waals surface area contributed by atoms with Crippen molar-refractivity contribution < 1.29 is 14.3 Å². The van der Waals surface area contributed by atoms with Gasteiger partial charge in [0, 0.05) is 12.1 Å². The van der Waals surface area contributed by atoms with Gasteiger partial charge in [-0.2, -0.15) is 0 Å². The van der Waals surface area contributed by atoms with Gasteiger partial charge in [-0.1, -0.05) is 32.4 Å². The van der Waals surface area contributed by atoms with Crippen LogP contribution in [0.1, 0.15) is 53.8 Å². The lowest BCUT2D eigenvalue weighted by atomic mass is 10.1. The zero-order chi connectivity index (χ0) is 18.8. The van der Waals surface area contributed by atoms with Gasteiger partial charge in [0.05, 0.1) is 17.9 Å². The van der Waals surface area contributed by atoms with E-state index in [1.807, 2.05) is 6.92 Å². The normalized spacial score (nSPS) is 10.2. The predicted octanol–water partition coefficient (Wildman–Crippen LogP) is 4.26. The second-order valence-electron chi connectivity index (χ2n) is 5.98. The summed E-state index contributed by atoms with van der Waals surface area (Å²) in [5, 5.41) is 5.69. The Hall–Kier alpha value is -2.82. The van der Waals surface area contributed by atoms with Crippen molar-refractivity contribution in [2.45, 2.75) is 33.1 Å². The molecule has 26 heavy (non-hydrogen) atoms. The van der Waals surface area contributed by atoms with Crippen molar-refractivity contribution in [1.82, 2.24) is 5.32 Å². The van der Waals surface area contributed by atoms with E-state index in [-0.39, 0.29) is 11.8 Å². The van der Waals surface area contributed by atoms with Crippen molar-refractivity contribution in [1.29, 1.82) is 0 Å². The van der Waals surface area contributed by atoms with Crippen LogP contribution in [0.3, 0.4) is 0 Å². The molecule has 0 saturated carbocycles. The Labute approximate surface area is 154 Å². The van der Waals surface area contributed by atoms with Crippen LogP contribution in [-0.2, 0) is 0 Å². The Morgan fingerprint density at radius 3 is 2.35 bits per heavy atom. The fraction of sp³-hybridized carbons (Fsp3) is 0.333. The number of carbonyl (C=O) groups is 2. The first-order chi connectivity index (χ1) is 12.7. The fourth-order valence-corrected chi connectivity index (χ4v) is 2.38. The van der Waals surface area contributed by atoms with Crippen molar-refractivity contribution in [3.8, 4) is 5.75 Å². The second kappa shape index (κ2) is 10.2. The standard InChI is InChI=1S/C21H26N2O3/c1-3-5-14-22-21(25)18-8-6-7-9-19(18)23-20(24)16-10-12-17(13-11-16)26-15-4-2/h6-13H,3-5,14-15H2,1-2H3,(H,22,25)(H,23,24). The third-order valence-corrected chi connectivity index (χ3v) is 3.83. The fourth-order valence-electron chi connectivity index (χ4n) is 2.38. The van der Waals surface area contributed by atoms with Crippen molar-refractivity contribution >= 4 is 17.5 Å². The Morgan fingerprint density at radius 2 is 1.65 bits per heavy atom. The highest BCUT2D eigenvalue weighted by atomic mass is 16.5. The van der Waals surface area contributed by atoms with Crippen molar-refractivity contribution in [3.05, 3.63) is 59.7 Å². The van der Waals surface area contributed by atoms with Gasteiger partial charge in [0.2, 0.25) is 0 Å². The zero-order valence-corrected chi connectivity index (χ0v) is 15.4. The molecule has 0 aliphatic rings. The molecular weight excluding hydrogens is 328 g/mol. The summed E-state index contributed by atoms with van der Waals surface area (Å²) in [5.74, 6) is 0.289. The highest BCUT2D eigenvalue weighted by Gasteiger charge is 2.13. The summed E-state index contributed by atoms with van der Waals surface area (Å²) in [5.41, 5.74) is 1.47. The molecule has 0 atom stereocenters. The quantitative estimate of drug-likeness (QED) is 0.661. The summed E-state index contributed by atoms with van der Waals surface area (Å²) in [4.78, 5) is 24.8. The SMILES string of the molecule is CCCCNC(=O)c1ccccc1NC(=O)c1ccc(OCCC)cc1. The highest BCUT2D eigenvalue weighted by molar-refractivity contribution is 6.09. The van der Waals surface area contributed by atoms with E-state index >= 15 is 0 Å². The van der Waals surface area contributed by atoms with E-state index in [0.29, 0.717) is 30.0 Å². The number of para-hydroxylation sites is 1. The molecule has 0 bridgehead atoms. The molecule has 0 aliphatic heterocycles. The molecule has 0 unspecified atom stereocenters. The molecule has 5 nitrogen and oxygen atoms in total. The summed E-state index contributed by atoms with van der Waals surface area (Å²) in [6.07, 6.45) is 2.86. The van der Waals surface area contributed by atoms with Crippen LogP contribution in [0.5, 0.6) is 5.75 Å². The van der Waals surface area contributed by atoms with E-state index in [9.17, 15) is 9.59 Å². The molecule has 5 heteroatoms. The average Bonchev–Trinajstić information content (AvgIpc) is 2.67. The number of carbonyl (C=O) groups excluding carboxylic acids is 2. The average molecular weight is 354 g/mol. The van der Waals surface area contributed by atoms with E-state index in [1.165, 1.54) is 0 Å². The van der Waals surface area contributed by atoms with Gasteiger partial charge in [0.15, 0.2) is 0 Å². The van der Waals surface area contributed by atoms with Crippen molar-refractivity contribution in [3.63, 3.8) is 0 Å². The molecule has 0 spiro atoms. The Bertz CT molecular complexity index is 726. The Kier molecular flexibility index (Phi) is 7.68. The van der Waals surface area contributed by atoms with Gasteiger partial charge in [0.25, 0.3) is 11.8 Å². The number of ether oxygens (including phenoxy) is 1. The first-order valence-corrected chi connectivity index (χ1v) is 9.07.